The van der Waals surface area contributed by atoms with Gasteiger partial charge in [-0.1, -0.05) is 6.92 Å². The van der Waals surface area contributed by atoms with E-state index >= 15 is 0 Å². The smallest absolute Gasteiger partial charge is 0.324 e. The molecule has 15 heavy (non-hydrogen) atoms. The predicted molar refractivity (Wildman–Crippen MR) is 52.1 cm³/mol. The summed E-state index contributed by atoms with van der Waals surface area (Å²) in [5.41, 5.74) is 0. The van der Waals surface area contributed by atoms with Crippen LogP contribution in [0.2, 0.25) is 0 Å². The number of carbonyl (C=O) groups is 3. The highest BCUT2D eigenvalue weighted by Gasteiger charge is 2.29. The molecule has 0 aromatic carbocycles. The van der Waals surface area contributed by atoms with Crippen LogP contribution in [-0.4, -0.2) is 35.9 Å². The summed E-state index contributed by atoms with van der Waals surface area (Å²) in [6.07, 6.45) is 0. The Kier molecular flexibility index (Phi) is 5.77. The second-order valence-corrected chi connectivity index (χ2v) is 3.57. The molecule has 0 radical (unpaired) electrons. The Morgan fingerprint density at radius 2 is 1.67 bits per heavy atom. The lowest BCUT2D eigenvalue weighted by molar-refractivity contribution is -0.155. The Morgan fingerprint density at radius 3 is 2.00 bits per heavy atom. The molecule has 0 aliphatic carbocycles. The van der Waals surface area contributed by atoms with Crippen molar-refractivity contribution in [3.63, 3.8) is 0 Å². The molecule has 0 fully saturated rings. The zero-order chi connectivity index (χ0) is 12.0. The summed E-state index contributed by atoms with van der Waals surface area (Å²) < 4.78 is 4.74. The maximum Gasteiger partial charge on any atom is 0.324 e. The monoisotopic (exact) mass is 216 g/mol. The van der Waals surface area contributed by atoms with Crippen LogP contribution in [0.1, 0.15) is 20.8 Å². The molecule has 0 aliphatic rings. The highest BCUT2D eigenvalue weighted by Crippen LogP contribution is 2.05. The number of hydrogen-bond donors (Lipinski definition) is 1. The largest absolute Gasteiger partial charge is 0.464 e. The lowest BCUT2D eigenvalue weighted by Crippen LogP contribution is -2.31. The molecule has 1 N–H and O–H groups in total. The van der Waals surface area contributed by atoms with E-state index in [0.29, 0.717) is 0 Å². The van der Waals surface area contributed by atoms with Crippen molar-refractivity contribution in [3.8, 4) is 0 Å². The standard InChI is InChI=1S/C10H16O5/c1-6(4-11)5-15-10(14)9(7(2)12)8(3)13/h6,9,11H,4-5H2,1-3H3. The van der Waals surface area contributed by atoms with Crippen LogP contribution >= 0.6 is 0 Å². The highest BCUT2D eigenvalue weighted by atomic mass is 16.5. The molecule has 86 valence electrons. The number of rotatable bonds is 6. The second-order valence-electron chi connectivity index (χ2n) is 3.57. The van der Waals surface area contributed by atoms with Crippen LogP contribution in [0.5, 0.6) is 0 Å². The third kappa shape index (κ3) is 4.69. The maximum atomic E-state index is 11.3. The van der Waals surface area contributed by atoms with Gasteiger partial charge in [-0.05, 0) is 13.8 Å². The Balaban J connectivity index is 4.28. The van der Waals surface area contributed by atoms with E-state index in [4.69, 9.17) is 9.84 Å². The highest BCUT2D eigenvalue weighted by molar-refractivity contribution is 6.15. The van der Waals surface area contributed by atoms with Crippen LogP contribution in [0.3, 0.4) is 0 Å². The first-order valence-corrected chi connectivity index (χ1v) is 4.68. The number of ether oxygens (including phenoxy) is 1. The minimum Gasteiger partial charge on any atom is -0.464 e. The average molecular weight is 216 g/mol. The van der Waals surface area contributed by atoms with E-state index in [1.165, 1.54) is 13.8 Å². The molecular formula is C10H16O5. The summed E-state index contributed by atoms with van der Waals surface area (Å²) in [6.45, 7) is 3.92. The molecule has 1 atom stereocenters. The van der Waals surface area contributed by atoms with E-state index in [2.05, 4.69) is 0 Å². The maximum absolute atomic E-state index is 11.3. The van der Waals surface area contributed by atoms with Crippen LogP contribution in [-0.2, 0) is 19.1 Å². The molecule has 0 bridgehead atoms. The SMILES string of the molecule is CC(=O)C(C(C)=O)C(=O)OCC(C)CO. The summed E-state index contributed by atoms with van der Waals surface area (Å²) in [5.74, 6) is -3.41. The van der Waals surface area contributed by atoms with E-state index in [1.807, 2.05) is 0 Å². The second kappa shape index (κ2) is 6.29. The summed E-state index contributed by atoms with van der Waals surface area (Å²) in [6, 6.07) is 0. The first-order valence-electron chi connectivity index (χ1n) is 4.68. The van der Waals surface area contributed by atoms with Crippen LogP contribution in [0, 0.1) is 11.8 Å². The minimum absolute atomic E-state index is 0.00634. The van der Waals surface area contributed by atoms with E-state index in [0.717, 1.165) is 0 Å². The molecule has 0 spiro atoms. The quantitative estimate of drug-likeness (QED) is 0.497. The van der Waals surface area contributed by atoms with Gasteiger partial charge in [0.2, 0.25) is 0 Å². The fraction of sp³-hybridized carbons (Fsp3) is 0.700. The third-order valence-corrected chi connectivity index (χ3v) is 1.87. The van der Waals surface area contributed by atoms with Crippen molar-refractivity contribution in [1.82, 2.24) is 0 Å². The van der Waals surface area contributed by atoms with Crippen molar-refractivity contribution >= 4 is 17.5 Å². The van der Waals surface area contributed by atoms with Crippen molar-refractivity contribution in [2.75, 3.05) is 13.2 Å². The van der Waals surface area contributed by atoms with Crippen molar-refractivity contribution in [2.45, 2.75) is 20.8 Å². The van der Waals surface area contributed by atoms with Crippen LogP contribution in [0.25, 0.3) is 0 Å². The Morgan fingerprint density at radius 1 is 1.20 bits per heavy atom. The predicted octanol–water partition coefficient (Wildman–Crippen LogP) is -0.0478. The number of esters is 1. The van der Waals surface area contributed by atoms with Gasteiger partial charge in [0.15, 0.2) is 17.5 Å². The van der Waals surface area contributed by atoms with Gasteiger partial charge in [0, 0.05) is 12.5 Å². The molecule has 0 aromatic heterocycles. The van der Waals surface area contributed by atoms with Crippen molar-refractivity contribution in [1.29, 1.82) is 0 Å². The topological polar surface area (TPSA) is 80.7 Å². The lowest BCUT2D eigenvalue weighted by Gasteiger charge is -2.12. The molecule has 0 aliphatic heterocycles. The fourth-order valence-electron chi connectivity index (χ4n) is 0.979. The summed E-state index contributed by atoms with van der Waals surface area (Å²) in [4.78, 5) is 33.2. The van der Waals surface area contributed by atoms with E-state index in [9.17, 15) is 14.4 Å². The van der Waals surface area contributed by atoms with E-state index < -0.39 is 23.5 Å². The van der Waals surface area contributed by atoms with Crippen molar-refractivity contribution in [2.24, 2.45) is 11.8 Å². The zero-order valence-electron chi connectivity index (χ0n) is 9.15. The molecule has 0 saturated heterocycles. The third-order valence-electron chi connectivity index (χ3n) is 1.87. The molecule has 0 aromatic rings. The van der Waals surface area contributed by atoms with Gasteiger partial charge < -0.3 is 9.84 Å². The first kappa shape index (κ1) is 13.8. The van der Waals surface area contributed by atoms with Crippen molar-refractivity contribution < 1.29 is 24.2 Å². The van der Waals surface area contributed by atoms with Crippen LogP contribution < -0.4 is 0 Å². The number of Topliss-reactive ketones (excluding diaryl/α,β-unsaturated/α-hetero) is 2. The normalized spacial score (nSPS) is 12.3. The van der Waals surface area contributed by atoms with Gasteiger partial charge >= 0.3 is 5.97 Å². The van der Waals surface area contributed by atoms with Gasteiger partial charge in [-0.3, -0.25) is 14.4 Å². The average Bonchev–Trinajstić information content (AvgIpc) is 2.12. The number of hydrogen-bond acceptors (Lipinski definition) is 5. The van der Waals surface area contributed by atoms with Gasteiger partial charge in [0.25, 0.3) is 0 Å². The Labute approximate surface area is 88.4 Å². The van der Waals surface area contributed by atoms with Gasteiger partial charge in [-0.15, -0.1) is 0 Å². The van der Waals surface area contributed by atoms with Crippen LogP contribution in [0.15, 0.2) is 0 Å². The molecule has 0 saturated carbocycles. The van der Waals surface area contributed by atoms with Gasteiger partial charge in [-0.25, -0.2) is 0 Å². The molecule has 0 heterocycles. The lowest BCUT2D eigenvalue weighted by atomic mass is 10.0. The van der Waals surface area contributed by atoms with Gasteiger partial charge in [-0.2, -0.15) is 0 Å². The van der Waals surface area contributed by atoms with Crippen molar-refractivity contribution in [3.05, 3.63) is 0 Å². The number of aliphatic hydroxyl groups is 1. The molecule has 5 nitrogen and oxygen atoms in total. The number of ketones is 2. The summed E-state index contributed by atoms with van der Waals surface area (Å²) in [5, 5.41) is 8.68. The summed E-state index contributed by atoms with van der Waals surface area (Å²) >= 11 is 0. The van der Waals surface area contributed by atoms with Gasteiger partial charge in [0.1, 0.15) is 0 Å². The minimum atomic E-state index is -1.32. The van der Waals surface area contributed by atoms with E-state index in [1.54, 1.807) is 6.92 Å². The molecule has 0 rings (SSSR count). The molecular weight excluding hydrogens is 200 g/mol. The van der Waals surface area contributed by atoms with E-state index in [-0.39, 0.29) is 19.1 Å². The molecule has 1 unspecified atom stereocenters. The Hall–Kier alpha value is -1.23. The molecule has 5 heteroatoms. The fourth-order valence-corrected chi connectivity index (χ4v) is 0.979. The number of aliphatic hydroxyl groups excluding tert-OH is 1. The molecule has 0 amide bonds. The first-order chi connectivity index (χ1) is 6.90. The summed E-state index contributed by atoms with van der Waals surface area (Å²) in [7, 11) is 0. The Bertz CT molecular complexity index is 245. The zero-order valence-corrected chi connectivity index (χ0v) is 9.15. The number of carbonyl (C=O) groups excluding carboxylic acids is 3. The van der Waals surface area contributed by atoms with Gasteiger partial charge in [0.05, 0.1) is 6.61 Å². The van der Waals surface area contributed by atoms with Crippen LogP contribution in [0.4, 0.5) is 0 Å².